The van der Waals surface area contributed by atoms with Crippen LogP contribution in [-0.4, -0.2) is 9.72 Å². The number of halogens is 3. The first-order chi connectivity index (χ1) is 12.4. The lowest BCUT2D eigenvalue weighted by Crippen LogP contribution is -2.00. The Morgan fingerprint density at radius 3 is 2.69 bits per heavy atom. The smallest absolute Gasteiger partial charge is 0.222 e. The summed E-state index contributed by atoms with van der Waals surface area (Å²) in [7, 11) is 0. The minimum absolute atomic E-state index is 0.174. The van der Waals surface area contributed by atoms with Crippen LogP contribution in [0.1, 0.15) is 11.1 Å². The van der Waals surface area contributed by atoms with Crippen molar-refractivity contribution in [1.82, 2.24) is 9.72 Å². The topological polar surface area (TPSA) is 57.0 Å². The van der Waals surface area contributed by atoms with Gasteiger partial charge in [-0.15, -0.1) is 0 Å². The van der Waals surface area contributed by atoms with Gasteiger partial charge in [-0.1, -0.05) is 34.4 Å². The molecule has 4 rings (SSSR count). The minimum atomic E-state index is -0.348. The lowest BCUT2D eigenvalue weighted by Gasteiger charge is -2.10. The third kappa shape index (κ3) is 2.93. The van der Waals surface area contributed by atoms with Crippen molar-refractivity contribution in [2.75, 3.05) is 5.73 Å². The first-order valence-corrected chi connectivity index (χ1v) is 8.63. The van der Waals surface area contributed by atoms with Gasteiger partial charge < -0.3 is 14.8 Å². The van der Waals surface area contributed by atoms with Gasteiger partial charge in [-0.2, -0.15) is 0 Å². The number of nitrogens with two attached hydrogens (primary N) is 1. The van der Waals surface area contributed by atoms with E-state index in [1.807, 2.05) is 23.8 Å². The highest BCUT2D eigenvalue weighted by molar-refractivity contribution is 6.35. The molecule has 4 aromatic rings. The van der Waals surface area contributed by atoms with Crippen LogP contribution in [0.2, 0.25) is 10.0 Å². The SMILES string of the molecule is Cc1cn(Cc2ccc(Cl)cc2Cl)c2c(-c3cc(N)on3)cc(F)cc12. The number of hydrogen-bond donors (Lipinski definition) is 1. The van der Waals surface area contributed by atoms with E-state index in [4.69, 9.17) is 33.5 Å². The molecule has 0 aliphatic heterocycles. The van der Waals surface area contributed by atoms with E-state index in [1.165, 1.54) is 12.1 Å². The van der Waals surface area contributed by atoms with Crippen LogP contribution in [0.5, 0.6) is 0 Å². The largest absolute Gasteiger partial charge is 0.368 e. The summed E-state index contributed by atoms with van der Waals surface area (Å²) in [5.41, 5.74) is 9.42. The summed E-state index contributed by atoms with van der Waals surface area (Å²) in [6.07, 6.45) is 1.96. The fourth-order valence-corrected chi connectivity index (χ4v) is 3.62. The predicted octanol–water partition coefficient (Wildman–Crippen LogP) is 5.68. The Bertz CT molecular complexity index is 1130. The van der Waals surface area contributed by atoms with Gasteiger partial charge in [0.2, 0.25) is 5.88 Å². The summed E-state index contributed by atoms with van der Waals surface area (Å²) in [5, 5.41) is 5.89. The third-order valence-electron chi connectivity index (χ3n) is 4.30. The maximum Gasteiger partial charge on any atom is 0.222 e. The highest BCUT2D eigenvalue weighted by atomic mass is 35.5. The normalized spacial score (nSPS) is 11.4. The maximum absolute atomic E-state index is 14.2. The molecule has 0 spiro atoms. The first kappa shape index (κ1) is 16.9. The molecule has 2 aromatic carbocycles. The fourth-order valence-electron chi connectivity index (χ4n) is 3.15. The molecule has 0 aliphatic rings. The second-order valence-electron chi connectivity index (χ2n) is 6.14. The standard InChI is InChI=1S/C19H14Cl2FN3O/c1-10-8-25(9-11-2-3-12(20)4-16(11)21)19-14(10)5-13(22)6-15(19)17-7-18(23)26-24-17/h2-8H,9,23H2,1H3. The Balaban J connectivity index is 1.93. The number of fused-ring (bicyclic) bond motifs is 1. The molecule has 132 valence electrons. The Labute approximate surface area is 158 Å². The molecular formula is C19H14Cl2FN3O. The van der Waals surface area contributed by atoms with Gasteiger partial charge in [0.25, 0.3) is 0 Å². The first-order valence-electron chi connectivity index (χ1n) is 7.88. The van der Waals surface area contributed by atoms with E-state index in [1.54, 1.807) is 18.2 Å². The molecule has 0 unspecified atom stereocenters. The van der Waals surface area contributed by atoms with Gasteiger partial charge in [-0.05, 0) is 42.3 Å². The van der Waals surface area contributed by atoms with E-state index in [2.05, 4.69) is 5.16 Å². The van der Waals surface area contributed by atoms with Gasteiger partial charge in [0.1, 0.15) is 11.5 Å². The lowest BCUT2D eigenvalue weighted by atomic mass is 10.1. The molecule has 0 saturated heterocycles. The molecule has 0 saturated carbocycles. The second kappa shape index (κ2) is 6.34. The van der Waals surface area contributed by atoms with Crippen molar-refractivity contribution in [3.63, 3.8) is 0 Å². The monoisotopic (exact) mass is 389 g/mol. The van der Waals surface area contributed by atoms with Crippen molar-refractivity contribution in [2.45, 2.75) is 13.5 Å². The number of anilines is 1. The Morgan fingerprint density at radius 2 is 2.00 bits per heavy atom. The number of rotatable bonds is 3. The van der Waals surface area contributed by atoms with E-state index < -0.39 is 0 Å². The van der Waals surface area contributed by atoms with Crippen LogP contribution in [0.3, 0.4) is 0 Å². The van der Waals surface area contributed by atoms with E-state index in [-0.39, 0.29) is 11.7 Å². The van der Waals surface area contributed by atoms with Gasteiger partial charge in [0.15, 0.2) is 0 Å². The number of benzene rings is 2. The summed E-state index contributed by atoms with van der Waals surface area (Å²) >= 11 is 12.3. The van der Waals surface area contributed by atoms with Gasteiger partial charge in [0, 0.05) is 39.8 Å². The van der Waals surface area contributed by atoms with Gasteiger partial charge in [0.05, 0.1) is 5.52 Å². The lowest BCUT2D eigenvalue weighted by molar-refractivity contribution is 0.439. The van der Waals surface area contributed by atoms with Crippen LogP contribution in [-0.2, 0) is 6.54 Å². The number of nitrogens with zero attached hydrogens (tertiary/aromatic N) is 2. The molecule has 0 bridgehead atoms. The van der Waals surface area contributed by atoms with Crippen LogP contribution < -0.4 is 5.73 Å². The van der Waals surface area contributed by atoms with Crippen molar-refractivity contribution >= 4 is 40.0 Å². The zero-order valence-corrected chi connectivity index (χ0v) is 15.3. The van der Waals surface area contributed by atoms with E-state index in [9.17, 15) is 4.39 Å². The average molecular weight is 390 g/mol. The Morgan fingerprint density at radius 1 is 1.19 bits per heavy atom. The Hall–Kier alpha value is -2.50. The molecule has 7 heteroatoms. The van der Waals surface area contributed by atoms with Crippen LogP contribution >= 0.6 is 23.2 Å². The quantitative estimate of drug-likeness (QED) is 0.490. The van der Waals surface area contributed by atoms with Crippen LogP contribution in [0, 0.1) is 12.7 Å². The van der Waals surface area contributed by atoms with Crippen LogP contribution in [0.4, 0.5) is 10.3 Å². The molecular weight excluding hydrogens is 376 g/mol. The summed E-state index contributed by atoms with van der Waals surface area (Å²) in [6.45, 7) is 2.44. The molecule has 0 radical (unpaired) electrons. The van der Waals surface area contributed by atoms with E-state index in [0.717, 1.165) is 22.0 Å². The third-order valence-corrected chi connectivity index (χ3v) is 4.88. The average Bonchev–Trinajstić information content (AvgIpc) is 3.14. The van der Waals surface area contributed by atoms with Gasteiger partial charge in [-0.25, -0.2) is 4.39 Å². The zero-order valence-electron chi connectivity index (χ0n) is 13.8. The molecule has 26 heavy (non-hydrogen) atoms. The summed E-state index contributed by atoms with van der Waals surface area (Å²) in [4.78, 5) is 0. The van der Waals surface area contributed by atoms with E-state index in [0.29, 0.717) is 27.8 Å². The van der Waals surface area contributed by atoms with E-state index >= 15 is 0 Å². The fraction of sp³-hybridized carbons (Fsp3) is 0.105. The van der Waals surface area contributed by atoms with Crippen LogP contribution in [0.15, 0.2) is 47.1 Å². The van der Waals surface area contributed by atoms with Crippen LogP contribution in [0.25, 0.3) is 22.2 Å². The number of aromatic nitrogens is 2. The van der Waals surface area contributed by atoms with Gasteiger partial charge in [-0.3, -0.25) is 0 Å². The highest BCUT2D eigenvalue weighted by Gasteiger charge is 2.17. The predicted molar refractivity (Wildman–Crippen MR) is 102 cm³/mol. The summed E-state index contributed by atoms with van der Waals surface area (Å²) < 4.78 is 21.2. The minimum Gasteiger partial charge on any atom is -0.368 e. The second-order valence-corrected chi connectivity index (χ2v) is 6.98. The Kier molecular flexibility index (Phi) is 4.13. The molecule has 2 aromatic heterocycles. The maximum atomic E-state index is 14.2. The number of nitrogen functional groups attached to an aromatic ring is 1. The van der Waals surface area contributed by atoms with Crippen molar-refractivity contribution in [2.24, 2.45) is 0 Å². The zero-order chi connectivity index (χ0) is 18.4. The number of aryl methyl sites for hydroxylation is 1. The van der Waals surface area contributed by atoms with Crippen molar-refractivity contribution in [3.05, 3.63) is 69.6 Å². The van der Waals surface area contributed by atoms with Crippen molar-refractivity contribution in [1.29, 1.82) is 0 Å². The molecule has 0 fully saturated rings. The molecule has 4 nitrogen and oxygen atoms in total. The highest BCUT2D eigenvalue weighted by Crippen LogP contribution is 2.34. The van der Waals surface area contributed by atoms with Crippen molar-refractivity contribution in [3.8, 4) is 11.3 Å². The van der Waals surface area contributed by atoms with Gasteiger partial charge >= 0.3 is 0 Å². The molecule has 0 amide bonds. The molecule has 2 N–H and O–H groups in total. The number of hydrogen-bond acceptors (Lipinski definition) is 3. The summed E-state index contributed by atoms with van der Waals surface area (Å²) in [6, 6.07) is 9.89. The molecule has 2 heterocycles. The van der Waals surface area contributed by atoms with Crippen molar-refractivity contribution < 1.29 is 8.91 Å². The molecule has 0 aliphatic carbocycles. The molecule has 0 atom stereocenters. The summed E-state index contributed by atoms with van der Waals surface area (Å²) in [5.74, 6) is -0.174.